The molecule has 1 aliphatic heterocycles. The lowest BCUT2D eigenvalue weighted by molar-refractivity contribution is -0.384. The third-order valence-electron chi connectivity index (χ3n) is 4.92. The second-order valence-corrected chi connectivity index (χ2v) is 9.73. The highest BCUT2D eigenvalue weighted by Crippen LogP contribution is 2.27. The number of nitro groups is 1. The van der Waals surface area contributed by atoms with E-state index in [1.165, 1.54) is 52.0 Å². The van der Waals surface area contributed by atoms with Gasteiger partial charge in [0.2, 0.25) is 10.0 Å². The number of rotatable bonds is 6. The Kier molecular flexibility index (Phi) is 5.81. The van der Waals surface area contributed by atoms with Gasteiger partial charge in [-0.25, -0.2) is 13.4 Å². The number of nitro benzene ring substituents is 1. The van der Waals surface area contributed by atoms with Crippen molar-refractivity contribution in [2.24, 2.45) is 0 Å². The van der Waals surface area contributed by atoms with Crippen molar-refractivity contribution in [3.8, 4) is 11.3 Å². The van der Waals surface area contributed by atoms with Gasteiger partial charge in [0, 0.05) is 41.7 Å². The Morgan fingerprint density at radius 1 is 1.06 bits per heavy atom. The standard InChI is InChI=1S/C20H18N4O5S2/c25-19(15-5-9-17(10-6-15)31(28,29)23-11-1-2-12-23)22-20-21-18(13-30-20)14-3-7-16(8-4-14)24(26)27/h3-10,13H,1-2,11-12H2,(H,21,22,25). The second-order valence-electron chi connectivity index (χ2n) is 6.93. The minimum atomic E-state index is -3.53. The summed E-state index contributed by atoms with van der Waals surface area (Å²) in [4.78, 5) is 27.3. The lowest BCUT2D eigenvalue weighted by atomic mass is 10.1. The van der Waals surface area contributed by atoms with Crippen molar-refractivity contribution in [2.45, 2.75) is 17.7 Å². The van der Waals surface area contributed by atoms with E-state index in [-0.39, 0.29) is 10.6 Å². The van der Waals surface area contributed by atoms with Gasteiger partial charge in [-0.15, -0.1) is 11.3 Å². The van der Waals surface area contributed by atoms with Crippen LogP contribution >= 0.6 is 11.3 Å². The van der Waals surface area contributed by atoms with Crippen molar-refractivity contribution in [1.29, 1.82) is 0 Å². The lowest BCUT2D eigenvalue weighted by Crippen LogP contribution is -2.27. The van der Waals surface area contributed by atoms with E-state index in [0.29, 0.717) is 35.0 Å². The number of hydrogen-bond acceptors (Lipinski definition) is 7. The number of anilines is 1. The maximum atomic E-state index is 12.6. The molecule has 0 spiro atoms. The first-order valence-electron chi connectivity index (χ1n) is 9.46. The molecule has 0 atom stereocenters. The van der Waals surface area contributed by atoms with E-state index in [2.05, 4.69) is 10.3 Å². The molecule has 1 aliphatic rings. The van der Waals surface area contributed by atoms with Gasteiger partial charge in [-0.1, -0.05) is 0 Å². The van der Waals surface area contributed by atoms with Gasteiger partial charge < -0.3 is 0 Å². The van der Waals surface area contributed by atoms with Crippen molar-refractivity contribution in [3.05, 3.63) is 69.6 Å². The van der Waals surface area contributed by atoms with Gasteiger partial charge in [-0.2, -0.15) is 4.31 Å². The van der Waals surface area contributed by atoms with Crippen molar-refractivity contribution >= 4 is 38.1 Å². The summed E-state index contributed by atoms with van der Waals surface area (Å²) in [6.45, 7) is 1.04. The molecule has 0 unspecified atom stereocenters. The minimum Gasteiger partial charge on any atom is -0.298 e. The van der Waals surface area contributed by atoms with E-state index in [1.54, 1.807) is 17.5 Å². The van der Waals surface area contributed by atoms with Crippen LogP contribution < -0.4 is 5.32 Å². The summed E-state index contributed by atoms with van der Waals surface area (Å²) in [6, 6.07) is 11.8. The highest BCUT2D eigenvalue weighted by Gasteiger charge is 2.27. The number of nitrogens with one attached hydrogen (secondary N) is 1. The van der Waals surface area contributed by atoms with Crippen LogP contribution in [0.25, 0.3) is 11.3 Å². The fourth-order valence-electron chi connectivity index (χ4n) is 3.24. The van der Waals surface area contributed by atoms with Crippen LogP contribution in [0.2, 0.25) is 0 Å². The number of benzene rings is 2. The van der Waals surface area contributed by atoms with Gasteiger partial charge in [0.15, 0.2) is 5.13 Å². The van der Waals surface area contributed by atoms with E-state index < -0.39 is 20.9 Å². The molecule has 1 fully saturated rings. The molecular weight excluding hydrogens is 440 g/mol. The summed E-state index contributed by atoms with van der Waals surface area (Å²) in [7, 11) is -3.53. The second kappa shape index (κ2) is 8.53. The zero-order valence-corrected chi connectivity index (χ0v) is 17.9. The summed E-state index contributed by atoms with van der Waals surface area (Å²) in [6.07, 6.45) is 1.71. The summed E-state index contributed by atoms with van der Waals surface area (Å²) < 4.78 is 26.6. The number of hydrogen-bond donors (Lipinski definition) is 1. The van der Waals surface area contributed by atoms with Crippen molar-refractivity contribution in [3.63, 3.8) is 0 Å². The van der Waals surface area contributed by atoms with E-state index in [4.69, 9.17) is 0 Å². The first kappa shape index (κ1) is 21.1. The quantitative estimate of drug-likeness (QED) is 0.443. The monoisotopic (exact) mass is 458 g/mol. The highest BCUT2D eigenvalue weighted by molar-refractivity contribution is 7.89. The van der Waals surface area contributed by atoms with Crippen molar-refractivity contribution < 1.29 is 18.1 Å². The predicted octanol–water partition coefficient (Wildman–Crippen LogP) is 3.76. The summed E-state index contributed by atoms with van der Waals surface area (Å²) in [5.41, 5.74) is 1.58. The molecule has 4 rings (SSSR count). The summed E-state index contributed by atoms with van der Waals surface area (Å²) in [5.74, 6) is -0.408. The van der Waals surface area contributed by atoms with Gasteiger partial charge >= 0.3 is 0 Å². The normalized spacial score (nSPS) is 14.5. The fourth-order valence-corrected chi connectivity index (χ4v) is 5.47. The van der Waals surface area contributed by atoms with Gasteiger partial charge in [-0.05, 0) is 49.2 Å². The van der Waals surface area contributed by atoms with Crippen LogP contribution in [0.15, 0.2) is 58.8 Å². The lowest BCUT2D eigenvalue weighted by Gasteiger charge is -2.15. The zero-order chi connectivity index (χ0) is 22.0. The molecule has 1 amide bonds. The van der Waals surface area contributed by atoms with E-state index in [9.17, 15) is 23.3 Å². The Hall–Kier alpha value is -3.15. The fraction of sp³-hybridized carbons (Fsp3) is 0.200. The van der Waals surface area contributed by atoms with Crippen LogP contribution in [0, 0.1) is 10.1 Å². The average molecular weight is 459 g/mol. The molecule has 160 valence electrons. The Balaban J connectivity index is 1.44. The van der Waals surface area contributed by atoms with Crippen LogP contribution in [0.5, 0.6) is 0 Å². The Bertz CT molecular complexity index is 1220. The maximum absolute atomic E-state index is 12.6. The van der Waals surface area contributed by atoms with Crippen LogP contribution in [0.1, 0.15) is 23.2 Å². The van der Waals surface area contributed by atoms with Crippen molar-refractivity contribution in [2.75, 3.05) is 18.4 Å². The Morgan fingerprint density at radius 3 is 2.32 bits per heavy atom. The molecule has 2 aromatic carbocycles. The number of nitrogens with zero attached hydrogens (tertiary/aromatic N) is 3. The molecule has 0 bridgehead atoms. The van der Waals surface area contributed by atoms with E-state index in [0.717, 1.165) is 12.8 Å². The predicted molar refractivity (Wildman–Crippen MR) is 117 cm³/mol. The van der Waals surface area contributed by atoms with Gasteiger partial charge in [0.05, 0.1) is 15.5 Å². The molecule has 1 saturated heterocycles. The molecule has 3 aromatic rings. The SMILES string of the molecule is O=C(Nc1nc(-c2ccc([N+](=O)[O-])cc2)cs1)c1ccc(S(=O)(=O)N2CCCC2)cc1. The number of aromatic nitrogens is 1. The first-order valence-corrected chi connectivity index (χ1v) is 11.8. The van der Waals surface area contributed by atoms with Gasteiger partial charge in [-0.3, -0.25) is 20.2 Å². The number of carbonyl (C=O) groups excluding carboxylic acids is 1. The smallest absolute Gasteiger partial charge is 0.269 e. The molecule has 1 aromatic heterocycles. The summed E-state index contributed by atoms with van der Waals surface area (Å²) >= 11 is 1.22. The molecule has 0 aliphatic carbocycles. The average Bonchev–Trinajstić information content (AvgIpc) is 3.47. The third-order valence-corrected chi connectivity index (χ3v) is 7.59. The van der Waals surface area contributed by atoms with E-state index in [1.807, 2.05) is 0 Å². The van der Waals surface area contributed by atoms with E-state index >= 15 is 0 Å². The topological polar surface area (TPSA) is 123 Å². The molecule has 11 heteroatoms. The Morgan fingerprint density at radius 2 is 1.71 bits per heavy atom. The molecule has 0 radical (unpaired) electrons. The number of sulfonamides is 1. The Labute approximate surface area is 182 Å². The van der Waals surface area contributed by atoms with Crippen LogP contribution in [-0.2, 0) is 10.0 Å². The minimum absolute atomic E-state index is 0.0114. The molecular formula is C20H18N4O5S2. The number of thiazole rings is 1. The highest BCUT2D eigenvalue weighted by atomic mass is 32.2. The maximum Gasteiger partial charge on any atom is 0.269 e. The van der Waals surface area contributed by atoms with Gasteiger partial charge in [0.25, 0.3) is 11.6 Å². The number of carbonyl (C=O) groups is 1. The van der Waals surface area contributed by atoms with Crippen LogP contribution in [0.4, 0.5) is 10.8 Å². The number of amides is 1. The largest absolute Gasteiger partial charge is 0.298 e. The van der Waals surface area contributed by atoms with Crippen molar-refractivity contribution in [1.82, 2.24) is 9.29 Å². The zero-order valence-electron chi connectivity index (χ0n) is 16.2. The molecule has 2 heterocycles. The molecule has 0 saturated carbocycles. The van der Waals surface area contributed by atoms with Crippen LogP contribution in [0.3, 0.4) is 0 Å². The number of non-ortho nitro benzene ring substituents is 1. The molecule has 1 N–H and O–H groups in total. The molecule has 9 nitrogen and oxygen atoms in total. The van der Waals surface area contributed by atoms with Crippen LogP contribution in [-0.4, -0.2) is 41.6 Å². The molecule has 31 heavy (non-hydrogen) atoms. The van der Waals surface area contributed by atoms with Gasteiger partial charge in [0.1, 0.15) is 0 Å². The third kappa shape index (κ3) is 4.48. The summed E-state index contributed by atoms with van der Waals surface area (Å²) in [5, 5.41) is 15.6. The first-order chi connectivity index (χ1) is 14.8.